The van der Waals surface area contributed by atoms with Gasteiger partial charge in [-0.25, -0.2) is 4.79 Å². The molecule has 0 spiro atoms. The Labute approximate surface area is 174 Å². The summed E-state index contributed by atoms with van der Waals surface area (Å²) < 4.78 is 8.09. The van der Waals surface area contributed by atoms with Crippen molar-refractivity contribution in [1.82, 2.24) is 9.13 Å². The normalized spacial score (nSPS) is 18.0. The lowest BCUT2D eigenvalue weighted by Gasteiger charge is -2.36. The largest absolute Gasteiger partial charge is 0.376 e. The van der Waals surface area contributed by atoms with Crippen LogP contribution in [-0.4, -0.2) is 21.6 Å². The highest BCUT2D eigenvalue weighted by Crippen LogP contribution is 2.37. The first kappa shape index (κ1) is 20.0. The number of rotatable bonds is 6. The van der Waals surface area contributed by atoms with E-state index in [1.165, 1.54) is 4.57 Å². The molecule has 1 fully saturated rings. The number of aryl methyl sites for hydroxylation is 1. The average molecular weight is 404 g/mol. The summed E-state index contributed by atoms with van der Waals surface area (Å²) in [4.78, 5) is 38.3. The highest BCUT2D eigenvalue weighted by Gasteiger charge is 2.32. The van der Waals surface area contributed by atoms with Crippen molar-refractivity contribution < 1.29 is 9.53 Å². The quantitative estimate of drug-likeness (QED) is 0.633. The second-order valence-electron chi connectivity index (χ2n) is 7.81. The van der Waals surface area contributed by atoms with Crippen LogP contribution in [0.2, 0.25) is 0 Å². The van der Waals surface area contributed by atoms with Gasteiger partial charge in [0.05, 0.1) is 6.61 Å². The first-order valence-electron chi connectivity index (χ1n) is 10.1. The van der Waals surface area contributed by atoms with Crippen LogP contribution in [0, 0.1) is 12.8 Å². The van der Waals surface area contributed by atoms with Crippen molar-refractivity contribution in [2.75, 3.05) is 6.61 Å². The molecule has 0 saturated heterocycles. The Bertz CT molecular complexity index is 1140. The van der Waals surface area contributed by atoms with Crippen LogP contribution >= 0.6 is 0 Å². The monoisotopic (exact) mass is 404 g/mol. The zero-order valence-corrected chi connectivity index (χ0v) is 16.9. The fraction of sp³-hybridized carbons (Fsp3) is 0.292. The topological polar surface area (TPSA) is 70.3 Å². The molecular formula is C24H24N2O4. The summed E-state index contributed by atoms with van der Waals surface area (Å²) in [6.07, 6.45) is 3.14. The van der Waals surface area contributed by atoms with Gasteiger partial charge >= 0.3 is 5.69 Å². The van der Waals surface area contributed by atoms with Gasteiger partial charge in [0.25, 0.3) is 11.5 Å². The minimum atomic E-state index is -0.592. The van der Waals surface area contributed by atoms with Crippen molar-refractivity contribution >= 4 is 5.91 Å². The van der Waals surface area contributed by atoms with Gasteiger partial charge < -0.3 is 4.74 Å². The summed E-state index contributed by atoms with van der Waals surface area (Å²) in [5.74, 6) is -0.235. The maximum absolute atomic E-state index is 13.0. The molecule has 1 saturated carbocycles. The molecule has 4 rings (SSSR count). The lowest BCUT2D eigenvalue weighted by atomic mass is 9.80. The smallest absolute Gasteiger partial charge is 0.338 e. The van der Waals surface area contributed by atoms with E-state index in [1.807, 2.05) is 30.3 Å². The van der Waals surface area contributed by atoms with Gasteiger partial charge in [-0.15, -0.1) is 0 Å². The van der Waals surface area contributed by atoms with E-state index in [0.29, 0.717) is 30.3 Å². The van der Waals surface area contributed by atoms with Gasteiger partial charge in [-0.05, 0) is 43.4 Å². The minimum absolute atomic E-state index is 0.0306. The van der Waals surface area contributed by atoms with Crippen LogP contribution in [0.5, 0.6) is 0 Å². The van der Waals surface area contributed by atoms with Gasteiger partial charge in [0.15, 0.2) is 0 Å². The molecule has 6 nitrogen and oxygen atoms in total. The van der Waals surface area contributed by atoms with E-state index in [1.54, 1.807) is 43.5 Å². The van der Waals surface area contributed by atoms with Crippen molar-refractivity contribution in [2.24, 2.45) is 5.92 Å². The van der Waals surface area contributed by atoms with Crippen LogP contribution in [0.3, 0.4) is 0 Å². The maximum atomic E-state index is 13.0. The van der Waals surface area contributed by atoms with Crippen molar-refractivity contribution in [2.45, 2.75) is 32.4 Å². The third-order valence-corrected chi connectivity index (χ3v) is 5.58. The Kier molecular flexibility index (Phi) is 5.77. The molecule has 0 unspecified atom stereocenters. The molecule has 1 aliphatic carbocycles. The van der Waals surface area contributed by atoms with Crippen molar-refractivity contribution in [3.63, 3.8) is 0 Å². The number of ether oxygens (including phenoxy) is 1. The summed E-state index contributed by atoms with van der Waals surface area (Å²) >= 11 is 0. The van der Waals surface area contributed by atoms with Gasteiger partial charge in [0.1, 0.15) is 0 Å². The van der Waals surface area contributed by atoms with Crippen LogP contribution in [-0.2, 0) is 11.3 Å². The molecular weight excluding hydrogens is 380 g/mol. The number of carbonyl (C=O) groups excluding carboxylic acids is 1. The molecule has 2 aromatic carbocycles. The number of benzene rings is 2. The number of carbonyl (C=O) groups is 1. The van der Waals surface area contributed by atoms with E-state index < -0.39 is 17.2 Å². The van der Waals surface area contributed by atoms with Crippen LogP contribution < -0.4 is 11.2 Å². The first-order chi connectivity index (χ1) is 14.5. The molecule has 0 atom stereocenters. The van der Waals surface area contributed by atoms with Crippen LogP contribution in [0.4, 0.5) is 0 Å². The lowest BCUT2D eigenvalue weighted by Crippen LogP contribution is -2.47. The summed E-state index contributed by atoms with van der Waals surface area (Å²) in [7, 11) is 0. The van der Waals surface area contributed by atoms with E-state index in [4.69, 9.17) is 4.74 Å². The number of hydrogen-bond acceptors (Lipinski definition) is 4. The molecule has 3 aromatic rings. The summed E-state index contributed by atoms with van der Waals surface area (Å²) in [6.45, 7) is 2.82. The van der Waals surface area contributed by atoms with Crippen LogP contribution in [0.25, 0.3) is 0 Å². The van der Waals surface area contributed by atoms with E-state index in [-0.39, 0.29) is 6.04 Å². The highest BCUT2D eigenvalue weighted by atomic mass is 16.5. The van der Waals surface area contributed by atoms with Crippen molar-refractivity contribution in [3.8, 4) is 0 Å². The van der Waals surface area contributed by atoms with Crippen LogP contribution in [0.15, 0.2) is 76.4 Å². The Morgan fingerprint density at radius 2 is 1.63 bits per heavy atom. The predicted octanol–water partition coefficient (Wildman–Crippen LogP) is 3.17. The number of hydrogen-bond donors (Lipinski definition) is 0. The zero-order valence-electron chi connectivity index (χ0n) is 16.9. The predicted molar refractivity (Wildman–Crippen MR) is 114 cm³/mol. The summed E-state index contributed by atoms with van der Waals surface area (Å²) in [5.41, 5.74) is 0.685. The molecule has 6 heteroatoms. The number of nitrogens with zero attached hydrogens (tertiary/aromatic N) is 2. The van der Waals surface area contributed by atoms with Gasteiger partial charge in [-0.2, -0.15) is 4.57 Å². The van der Waals surface area contributed by atoms with E-state index >= 15 is 0 Å². The van der Waals surface area contributed by atoms with E-state index in [0.717, 1.165) is 23.0 Å². The van der Waals surface area contributed by atoms with E-state index in [9.17, 15) is 14.4 Å². The molecule has 0 aliphatic heterocycles. The number of aromatic nitrogens is 2. The van der Waals surface area contributed by atoms with Gasteiger partial charge in [0, 0.05) is 30.0 Å². The standard InChI is InChI=1S/C24H24N2O4/c1-17-14-25(21-12-19(13-21)16-30-15-18-8-4-2-5-9-18)24(29)26(22(17)27)23(28)20-10-6-3-7-11-20/h2-11,14,19,21H,12-13,15-16H2,1H3. The zero-order chi connectivity index (χ0) is 21.1. The fourth-order valence-electron chi connectivity index (χ4n) is 3.83. The molecule has 0 bridgehead atoms. The first-order valence-corrected chi connectivity index (χ1v) is 10.1. The molecule has 1 aromatic heterocycles. The van der Waals surface area contributed by atoms with Gasteiger partial charge in [-0.3, -0.25) is 14.2 Å². The molecule has 0 radical (unpaired) electrons. The third-order valence-electron chi connectivity index (χ3n) is 5.58. The summed E-state index contributed by atoms with van der Waals surface area (Å²) in [6, 6.07) is 18.4. The Morgan fingerprint density at radius 3 is 2.30 bits per heavy atom. The molecule has 0 N–H and O–H groups in total. The van der Waals surface area contributed by atoms with Gasteiger partial charge in [0.2, 0.25) is 0 Å². The fourth-order valence-corrected chi connectivity index (χ4v) is 3.83. The second-order valence-corrected chi connectivity index (χ2v) is 7.81. The SMILES string of the molecule is Cc1cn(C2CC(COCc3ccccc3)C2)c(=O)n(C(=O)c2ccccc2)c1=O. The molecule has 154 valence electrons. The Morgan fingerprint density at radius 1 is 1.00 bits per heavy atom. The average Bonchev–Trinajstić information content (AvgIpc) is 2.74. The minimum Gasteiger partial charge on any atom is -0.376 e. The molecule has 0 amide bonds. The van der Waals surface area contributed by atoms with Crippen molar-refractivity contribution in [1.29, 1.82) is 0 Å². The van der Waals surface area contributed by atoms with Crippen molar-refractivity contribution in [3.05, 3.63) is 104 Å². The maximum Gasteiger partial charge on any atom is 0.338 e. The van der Waals surface area contributed by atoms with Gasteiger partial charge in [-0.1, -0.05) is 48.5 Å². The molecule has 30 heavy (non-hydrogen) atoms. The highest BCUT2D eigenvalue weighted by molar-refractivity contribution is 5.95. The lowest BCUT2D eigenvalue weighted by molar-refractivity contribution is 0.0363. The molecule has 1 aliphatic rings. The summed E-state index contributed by atoms with van der Waals surface area (Å²) in [5, 5.41) is 0. The Balaban J connectivity index is 1.45. The molecule has 1 heterocycles. The third kappa shape index (κ3) is 4.04. The second kappa shape index (κ2) is 8.63. The Hall–Kier alpha value is -3.25. The van der Waals surface area contributed by atoms with E-state index in [2.05, 4.69) is 0 Å². The van der Waals surface area contributed by atoms with Crippen LogP contribution in [0.1, 0.15) is 40.4 Å².